The van der Waals surface area contributed by atoms with Crippen LogP contribution in [0.4, 0.5) is 0 Å². The van der Waals surface area contributed by atoms with E-state index in [1.807, 2.05) is 0 Å². The Kier molecular flexibility index (Phi) is 7.04. The smallest absolute Gasteiger partial charge is 0.00751 e. The molecule has 18 heavy (non-hydrogen) atoms. The highest BCUT2D eigenvalue weighted by Crippen LogP contribution is 2.33. The van der Waals surface area contributed by atoms with Gasteiger partial charge in [-0.15, -0.1) is 0 Å². The first-order valence-electron chi connectivity index (χ1n) is 7.55. The second-order valence-electron chi connectivity index (χ2n) is 5.24. The number of nitrogens with one attached hydrogen (secondary N) is 1. The molecule has 0 saturated carbocycles. The minimum absolute atomic E-state index is 0.326. The van der Waals surface area contributed by atoms with Gasteiger partial charge in [0.2, 0.25) is 0 Å². The van der Waals surface area contributed by atoms with Crippen LogP contribution in [0.3, 0.4) is 0 Å². The molecule has 1 nitrogen and oxygen atoms in total. The summed E-state index contributed by atoms with van der Waals surface area (Å²) in [6, 6.07) is 11.1. The molecule has 0 heterocycles. The maximum Gasteiger partial charge on any atom is 0.00751 e. The van der Waals surface area contributed by atoms with Crippen molar-refractivity contribution >= 4 is 0 Å². The summed E-state index contributed by atoms with van der Waals surface area (Å²) in [5.74, 6) is 0. The zero-order chi connectivity index (χ0) is 13.3. The molecule has 0 bridgehead atoms. The van der Waals surface area contributed by atoms with Crippen molar-refractivity contribution in [2.24, 2.45) is 0 Å². The van der Waals surface area contributed by atoms with E-state index in [4.69, 9.17) is 0 Å². The lowest BCUT2D eigenvalue weighted by Gasteiger charge is -2.34. The predicted molar refractivity (Wildman–Crippen MR) is 81.1 cm³/mol. The average Bonchev–Trinajstić information content (AvgIpc) is 2.44. The van der Waals surface area contributed by atoms with Crippen LogP contribution in [0.2, 0.25) is 0 Å². The maximum atomic E-state index is 3.57. The highest BCUT2D eigenvalue weighted by Gasteiger charge is 2.28. The standard InChI is InChI=1S/C17H29N/c1-4-7-11-14-17(5-2,15-18-6-3)16-12-9-8-10-13-16/h8-10,12-13,18H,4-7,11,14-15H2,1-3H3. The van der Waals surface area contributed by atoms with Crippen molar-refractivity contribution in [3.8, 4) is 0 Å². The topological polar surface area (TPSA) is 12.0 Å². The van der Waals surface area contributed by atoms with Crippen LogP contribution in [0.5, 0.6) is 0 Å². The zero-order valence-electron chi connectivity index (χ0n) is 12.3. The van der Waals surface area contributed by atoms with Crippen LogP contribution < -0.4 is 5.32 Å². The first-order valence-corrected chi connectivity index (χ1v) is 7.55. The van der Waals surface area contributed by atoms with Gasteiger partial charge in [0.15, 0.2) is 0 Å². The van der Waals surface area contributed by atoms with Gasteiger partial charge in [-0.05, 0) is 24.9 Å². The molecule has 0 aromatic heterocycles. The van der Waals surface area contributed by atoms with Crippen molar-refractivity contribution in [2.45, 2.75) is 58.3 Å². The third-order valence-corrected chi connectivity index (χ3v) is 4.04. The van der Waals surface area contributed by atoms with E-state index in [9.17, 15) is 0 Å². The van der Waals surface area contributed by atoms with E-state index in [2.05, 4.69) is 56.4 Å². The first-order chi connectivity index (χ1) is 8.79. The number of benzene rings is 1. The summed E-state index contributed by atoms with van der Waals surface area (Å²) in [7, 11) is 0. The third-order valence-electron chi connectivity index (χ3n) is 4.04. The summed E-state index contributed by atoms with van der Waals surface area (Å²) < 4.78 is 0. The molecular weight excluding hydrogens is 218 g/mol. The summed E-state index contributed by atoms with van der Waals surface area (Å²) in [5, 5.41) is 3.57. The summed E-state index contributed by atoms with van der Waals surface area (Å²) in [4.78, 5) is 0. The van der Waals surface area contributed by atoms with Gasteiger partial charge in [-0.25, -0.2) is 0 Å². The zero-order valence-corrected chi connectivity index (χ0v) is 12.3. The van der Waals surface area contributed by atoms with Gasteiger partial charge in [0.1, 0.15) is 0 Å². The molecule has 0 aliphatic rings. The summed E-state index contributed by atoms with van der Waals surface area (Å²) in [6.07, 6.45) is 6.50. The van der Waals surface area contributed by atoms with E-state index >= 15 is 0 Å². The minimum Gasteiger partial charge on any atom is -0.316 e. The van der Waals surface area contributed by atoms with E-state index in [-0.39, 0.29) is 0 Å². The number of rotatable bonds is 9. The Morgan fingerprint density at radius 1 is 1.00 bits per heavy atom. The quantitative estimate of drug-likeness (QED) is 0.632. The largest absolute Gasteiger partial charge is 0.316 e. The van der Waals surface area contributed by atoms with E-state index in [0.717, 1.165) is 13.1 Å². The highest BCUT2D eigenvalue weighted by atomic mass is 14.9. The average molecular weight is 247 g/mol. The number of unbranched alkanes of at least 4 members (excludes halogenated alkanes) is 2. The van der Waals surface area contributed by atoms with Crippen molar-refractivity contribution in [1.82, 2.24) is 5.32 Å². The summed E-state index contributed by atoms with van der Waals surface area (Å²) in [5.41, 5.74) is 1.83. The molecule has 0 saturated heterocycles. The van der Waals surface area contributed by atoms with Crippen molar-refractivity contribution in [3.63, 3.8) is 0 Å². The molecule has 102 valence electrons. The van der Waals surface area contributed by atoms with Crippen LogP contribution in [0.1, 0.15) is 58.4 Å². The van der Waals surface area contributed by atoms with Crippen molar-refractivity contribution in [2.75, 3.05) is 13.1 Å². The Hall–Kier alpha value is -0.820. The lowest BCUT2D eigenvalue weighted by atomic mass is 9.74. The fraction of sp³-hybridized carbons (Fsp3) is 0.647. The lowest BCUT2D eigenvalue weighted by Crippen LogP contribution is -2.37. The van der Waals surface area contributed by atoms with E-state index in [0.29, 0.717) is 5.41 Å². The van der Waals surface area contributed by atoms with Crippen molar-refractivity contribution in [3.05, 3.63) is 35.9 Å². The fourth-order valence-corrected chi connectivity index (χ4v) is 2.71. The monoisotopic (exact) mass is 247 g/mol. The number of likely N-dealkylation sites (N-methyl/N-ethyl adjacent to an activating group) is 1. The normalized spacial score (nSPS) is 14.4. The van der Waals surface area contributed by atoms with Gasteiger partial charge >= 0.3 is 0 Å². The van der Waals surface area contributed by atoms with Crippen LogP contribution in [0.25, 0.3) is 0 Å². The van der Waals surface area contributed by atoms with Gasteiger partial charge < -0.3 is 5.32 Å². The molecule has 0 fully saturated rings. The van der Waals surface area contributed by atoms with E-state index in [1.165, 1.54) is 37.7 Å². The van der Waals surface area contributed by atoms with Crippen LogP contribution >= 0.6 is 0 Å². The molecule has 0 radical (unpaired) electrons. The molecule has 1 aromatic rings. The molecule has 1 unspecified atom stereocenters. The van der Waals surface area contributed by atoms with Crippen LogP contribution in [0, 0.1) is 0 Å². The Bertz CT molecular complexity index is 307. The maximum absolute atomic E-state index is 3.57. The number of hydrogen-bond acceptors (Lipinski definition) is 1. The number of hydrogen-bond donors (Lipinski definition) is 1. The Labute approximate surface area is 113 Å². The molecule has 1 rings (SSSR count). The van der Waals surface area contributed by atoms with E-state index < -0.39 is 0 Å². The van der Waals surface area contributed by atoms with E-state index in [1.54, 1.807) is 0 Å². The predicted octanol–water partition coefficient (Wildman–Crippen LogP) is 4.52. The van der Waals surface area contributed by atoms with Crippen molar-refractivity contribution < 1.29 is 0 Å². The van der Waals surface area contributed by atoms with Crippen LogP contribution in [0.15, 0.2) is 30.3 Å². The molecule has 1 N–H and O–H groups in total. The Morgan fingerprint density at radius 2 is 1.72 bits per heavy atom. The highest BCUT2D eigenvalue weighted by molar-refractivity contribution is 5.25. The van der Waals surface area contributed by atoms with Gasteiger partial charge in [-0.1, -0.05) is 70.4 Å². The van der Waals surface area contributed by atoms with Crippen LogP contribution in [-0.2, 0) is 5.41 Å². The Balaban J connectivity index is 2.83. The molecule has 0 aliphatic carbocycles. The molecule has 1 heteroatoms. The SMILES string of the molecule is CCCCCC(CC)(CNCC)c1ccccc1. The van der Waals surface area contributed by atoms with Gasteiger partial charge in [-0.2, -0.15) is 0 Å². The van der Waals surface area contributed by atoms with Gasteiger partial charge in [0, 0.05) is 12.0 Å². The molecule has 1 aromatic carbocycles. The summed E-state index contributed by atoms with van der Waals surface area (Å²) >= 11 is 0. The third kappa shape index (κ3) is 4.13. The van der Waals surface area contributed by atoms with Gasteiger partial charge in [0.25, 0.3) is 0 Å². The van der Waals surface area contributed by atoms with Gasteiger partial charge in [-0.3, -0.25) is 0 Å². The molecule has 0 spiro atoms. The first kappa shape index (κ1) is 15.2. The molecular formula is C17H29N. The second-order valence-corrected chi connectivity index (χ2v) is 5.24. The fourth-order valence-electron chi connectivity index (χ4n) is 2.71. The van der Waals surface area contributed by atoms with Crippen molar-refractivity contribution in [1.29, 1.82) is 0 Å². The molecule has 1 atom stereocenters. The minimum atomic E-state index is 0.326. The van der Waals surface area contributed by atoms with Crippen LogP contribution in [-0.4, -0.2) is 13.1 Å². The molecule has 0 aliphatic heterocycles. The lowest BCUT2D eigenvalue weighted by molar-refractivity contribution is 0.344. The second kappa shape index (κ2) is 8.31. The van der Waals surface area contributed by atoms with Gasteiger partial charge in [0.05, 0.1) is 0 Å². The molecule has 0 amide bonds. The summed E-state index contributed by atoms with van der Waals surface area (Å²) in [6.45, 7) is 8.96. The Morgan fingerprint density at radius 3 is 2.28 bits per heavy atom.